The van der Waals surface area contributed by atoms with Crippen molar-refractivity contribution < 1.29 is 9.53 Å². The van der Waals surface area contributed by atoms with E-state index in [1.807, 2.05) is 67.3 Å². The van der Waals surface area contributed by atoms with Crippen LogP contribution < -0.4 is 10.1 Å². The van der Waals surface area contributed by atoms with Gasteiger partial charge in [0.05, 0.1) is 0 Å². The largest absolute Gasteiger partial charge is 0.457 e. The average Bonchev–Trinajstić information content (AvgIpc) is 3.14. The maximum atomic E-state index is 12.7. The fraction of sp³-hybridized carbons (Fsp3) is 0.381. The third-order valence-corrected chi connectivity index (χ3v) is 4.48. The number of hydrogen-bond donors (Lipinski definition) is 1. The first-order valence-electron chi connectivity index (χ1n) is 8.96. The highest BCUT2D eigenvalue weighted by Gasteiger charge is 2.28. The third kappa shape index (κ3) is 4.60. The zero-order chi connectivity index (χ0) is 17.6. The second kappa shape index (κ2) is 8.17. The van der Waals surface area contributed by atoms with Crippen molar-refractivity contribution in [2.75, 3.05) is 13.1 Å². The van der Waals surface area contributed by atoms with Crippen molar-refractivity contribution in [1.29, 1.82) is 0 Å². The zero-order valence-corrected chi connectivity index (χ0v) is 14.9. The number of rotatable bonds is 6. The lowest BCUT2D eigenvalue weighted by Crippen LogP contribution is -2.43. The summed E-state index contributed by atoms with van der Waals surface area (Å²) in [6, 6.07) is 18.0. The molecule has 1 aliphatic heterocycles. The van der Waals surface area contributed by atoms with Gasteiger partial charge in [0, 0.05) is 25.0 Å². The Kier molecular flexibility index (Phi) is 5.71. The summed E-state index contributed by atoms with van der Waals surface area (Å²) < 4.78 is 5.92. The zero-order valence-electron chi connectivity index (χ0n) is 14.9. The fourth-order valence-corrected chi connectivity index (χ4v) is 3.15. The number of para-hydroxylation sites is 1. The maximum Gasteiger partial charge on any atom is 0.225 e. The smallest absolute Gasteiger partial charge is 0.225 e. The number of carbonyl (C=O) groups is 1. The highest BCUT2D eigenvalue weighted by atomic mass is 16.5. The Hall–Kier alpha value is -2.33. The number of amides is 1. The van der Waals surface area contributed by atoms with Crippen LogP contribution in [0.5, 0.6) is 11.5 Å². The van der Waals surface area contributed by atoms with Gasteiger partial charge >= 0.3 is 0 Å². The Morgan fingerprint density at radius 1 is 1.16 bits per heavy atom. The predicted octanol–water partition coefficient (Wildman–Crippen LogP) is 3.83. The lowest BCUT2D eigenvalue weighted by atomic mass is 10.1. The van der Waals surface area contributed by atoms with Crippen molar-refractivity contribution in [3.63, 3.8) is 0 Å². The molecule has 2 aromatic carbocycles. The Morgan fingerprint density at radius 3 is 2.60 bits per heavy atom. The van der Waals surface area contributed by atoms with Gasteiger partial charge in [0.15, 0.2) is 0 Å². The molecule has 1 saturated heterocycles. The number of nitrogens with one attached hydrogen (secondary N) is 1. The van der Waals surface area contributed by atoms with Crippen LogP contribution in [0.1, 0.15) is 25.8 Å². The van der Waals surface area contributed by atoms with Crippen molar-refractivity contribution >= 4 is 5.91 Å². The monoisotopic (exact) mass is 338 g/mol. The van der Waals surface area contributed by atoms with E-state index in [2.05, 4.69) is 11.4 Å². The van der Waals surface area contributed by atoms with Crippen LogP contribution in [0.25, 0.3) is 0 Å². The summed E-state index contributed by atoms with van der Waals surface area (Å²) >= 11 is 0. The molecule has 0 aromatic heterocycles. The van der Waals surface area contributed by atoms with Crippen molar-refractivity contribution in [2.24, 2.45) is 5.92 Å². The Bertz CT molecular complexity index is 694. The van der Waals surface area contributed by atoms with Gasteiger partial charge in [-0.25, -0.2) is 0 Å². The van der Waals surface area contributed by atoms with E-state index in [4.69, 9.17) is 4.74 Å². The number of nitrogens with zero attached hydrogens (tertiary/aromatic N) is 1. The van der Waals surface area contributed by atoms with Gasteiger partial charge in [-0.1, -0.05) is 44.2 Å². The van der Waals surface area contributed by atoms with Gasteiger partial charge in [0.1, 0.15) is 11.5 Å². The first-order valence-corrected chi connectivity index (χ1v) is 8.96. The minimum Gasteiger partial charge on any atom is -0.457 e. The maximum absolute atomic E-state index is 12.7. The van der Waals surface area contributed by atoms with E-state index in [9.17, 15) is 4.79 Å². The summed E-state index contributed by atoms with van der Waals surface area (Å²) in [5, 5.41) is 3.36. The summed E-state index contributed by atoms with van der Waals surface area (Å²) in [6.45, 7) is 6.40. The van der Waals surface area contributed by atoms with Gasteiger partial charge in [-0.15, -0.1) is 0 Å². The van der Waals surface area contributed by atoms with E-state index >= 15 is 0 Å². The quantitative estimate of drug-likeness (QED) is 0.870. The van der Waals surface area contributed by atoms with Crippen molar-refractivity contribution in [3.05, 3.63) is 60.2 Å². The van der Waals surface area contributed by atoms with E-state index in [1.54, 1.807) is 0 Å². The molecule has 1 atom stereocenters. The highest BCUT2D eigenvalue weighted by molar-refractivity contribution is 5.78. The molecule has 3 rings (SSSR count). The predicted molar refractivity (Wildman–Crippen MR) is 99.6 cm³/mol. The third-order valence-electron chi connectivity index (χ3n) is 4.48. The molecule has 1 N–H and O–H groups in total. The molecule has 4 nitrogen and oxygen atoms in total. The van der Waals surface area contributed by atoms with Crippen molar-refractivity contribution in [2.45, 2.75) is 32.9 Å². The summed E-state index contributed by atoms with van der Waals surface area (Å²) in [5.74, 6) is 1.83. The van der Waals surface area contributed by atoms with Crippen molar-refractivity contribution in [3.8, 4) is 11.5 Å². The standard InChI is InChI=1S/C21H26N2O2/c1-16(2)21(24)23(18-11-12-22-14-18)15-17-7-6-10-20(13-17)25-19-8-4-3-5-9-19/h3-10,13,16,18,22H,11-12,14-15H2,1-2H3/t18-/m0/s1. The van der Waals surface area contributed by atoms with Gasteiger partial charge in [0.25, 0.3) is 0 Å². The van der Waals surface area contributed by atoms with Crippen molar-refractivity contribution in [1.82, 2.24) is 10.2 Å². The van der Waals surface area contributed by atoms with Gasteiger partial charge < -0.3 is 15.0 Å². The van der Waals surface area contributed by atoms with E-state index in [1.165, 1.54) is 0 Å². The van der Waals surface area contributed by atoms with Crippen LogP contribution in [0.3, 0.4) is 0 Å². The highest BCUT2D eigenvalue weighted by Crippen LogP contribution is 2.24. The molecule has 25 heavy (non-hydrogen) atoms. The summed E-state index contributed by atoms with van der Waals surface area (Å²) in [6.07, 6.45) is 1.01. The molecule has 0 saturated carbocycles. The number of ether oxygens (including phenoxy) is 1. The Morgan fingerprint density at radius 2 is 1.92 bits per heavy atom. The molecule has 0 unspecified atom stereocenters. The van der Waals surface area contributed by atoms with E-state index in [0.717, 1.165) is 36.6 Å². The van der Waals surface area contributed by atoms with Gasteiger partial charge in [-0.2, -0.15) is 0 Å². The van der Waals surface area contributed by atoms with Crippen LogP contribution in [-0.4, -0.2) is 29.9 Å². The van der Waals surface area contributed by atoms with Gasteiger partial charge in [0.2, 0.25) is 5.91 Å². The number of carbonyl (C=O) groups excluding carboxylic acids is 1. The normalized spacial score (nSPS) is 16.8. The fourth-order valence-electron chi connectivity index (χ4n) is 3.15. The average molecular weight is 338 g/mol. The topological polar surface area (TPSA) is 41.6 Å². The van der Waals surface area contributed by atoms with Gasteiger partial charge in [-0.3, -0.25) is 4.79 Å². The van der Waals surface area contributed by atoms with E-state index in [-0.39, 0.29) is 17.9 Å². The Balaban J connectivity index is 1.75. The van der Waals surface area contributed by atoms with Crippen LogP contribution in [-0.2, 0) is 11.3 Å². The molecule has 0 radical (unpaired) electrons. The SMILES string of the molecule is CC(C)C(=O)N(Cc1cccc(Oc2ccccc2)c1)[C@H]1CCNC1. The molecule has 0 bridgehead atoms. The first kappa shape index (κ1) is 17.5. The summed E-state index contributed by atoms with van der Waals surface area (Å²) in [5.41, 5.74) is 1.09. The number of hydrogen-bond acceptors (Lipinski definition) is 3. The Labute approximate surface area is 149 Å². The van der Waals surface area contributed by atoms with E-state index < -0.39 is 0 Å². The van der Waals surface area contributed by atoms with E-state index in [0.29, 0.717) is 6.54 Å². The summed E-state index contributed by atoms with van der Waals surface area (Å²) in [4.78, 5) is 14.7. The molecule has 4 heteroatoms. The molecular weight excluding hydrogens is 312 g/mol. The minimum absolute atomic E-state index is 0.00403. The molecule has 132 valence electrons. The van der Waals surface area contributed by atoms with Crippen LogP contribution in [0.4, 0.5) is 0 Å². The lowest BCUT2D eigenvalue weighted by molar-refractivity contribution is -0.137. The molecule has 0 spiro atoms. The lowest BCUT2D eigenvalue weighted by Gasteiger charge is -2.30. The molecule has 1 aliphatic rings. The molecule has 0 aliphatic carbocycles. The molecule has 2 aromatic rings. The molecule has 1 fully saturated rings. The van der Waals surface area contributed by atoms with Crippen LogP contribution in [0.15, 0.2) is 54.6 Å². The number of benzene rings is 2. The second-order valence-corrected chi connectivity index (χ2v) is 6.83. The molecular formula is C21H26N2O2. The van der Waals surface area contributed by atoms with Crippen LogP contribution in [0.2, 0.25) is 0 Å². The van der Waals surface area contributed by atoms with Gasteiger partial charge in [-0.05, 0) is 42.8 Å². The summed E-state index contributed by atoms with van der Waals surface area (Å²) in [7, 11) is 0. The first-order chi connectivity index (χ1) is 12.1. The van der Waals surface area contributed by atoms with Crippen LogP contribution >= 0.6 is 0 Å². The second-order valence-electron chi connectivity index (χ2n) is 6.83. The molecule has 1 amide bonds. The minimum atomic E-state index is 0.00403. The molecule has 1 heterocycles. The van der Waals surface area contributed by atoms with Crippen LogP contribution in [0, 0.1) is 5.92 Å².